The van der Waals surface area contributed by atoms with Crippen molar-refractivity contribution in [1.82, 2.24) is 10.0 Å². The summed E-state index contributed by atoms with van der Waals surface area (Å²) >= 11 is 0. The minimum Gasteiger partial charge on any atom is -0.340 e. The molecule has 2 aromatic carbocycles. The highest BCUT2D eigenvalue weighted by Crippen LogP contribution is 2.16. The number of rotatable bonds is 8. The number of benzene rings is 2. The Morgan fingerprint density at radius 1 is 1.00 bits per heavy atom. The Bertz CT molecular complexity index is 912. The van der Waals surface area contributed by atoms with E-state index < -0.39 is 16.1 Å². The Kier molecular flexibility index (Phi) is 7.31. The molecule has 0 unspecified atom stereocenters. The van der Waals surface area contributed by atoms with E-state index >= 15 is 0 Å². The minimum absolute atomic E-state index is 0.0865. The van der Waals surface area contributed by atoms with Crippen LogP contribution in [-0.4, -0.2) is 33.3 Å². The van der Waals surface area contributed by atoms with Gasteiger partial charge in [-0.3, -0.25) is 9.59 Å². The van der Waals surface area contributed by atoms with Crippen LogP contribution in [0.4, 0.5) is 5.69 Å². The fourth-order valence-electron chi connectivity index (χ4n) is 2.57. The smallest absolute Gasteiger partial charge is 0.251 e. The van der Waals surface area contributed by atoms with Gasteiger partial charge in [0.25, 0.3) is 5.91 Å². The minimum atomic E-state index is -3.54. The second-order valence-electron chi connectivity index (χ2n) is 6.42. The van der Waals surface area contributed by atoms with Crippen LogP contribution < -0.4 is 15.4 Å². The van der Waals surface area contributed by atoms with Crippen molar-refractivity contribution in [2.24, 2.45) is 5.92 Å². The molecule has 0 aliphatic rings. The predicted molar refractivity (Wildman–Crippen MR) is 108 cm³/mol. The maximum absolute atomic E-state index is 12.8. The van der Waals surface area contributed by atoms with E-state index in [1.807, 2.05) is 19.9 Å². The van der Waals surface area contributed by atoms with Crippen LogP contribution in [0.25, 0.3) is 0 Å². The Morgan fingerprint density at radius 3 is 2.14 bits per heavy atom. The predicted octanol–water partition coefficient (Wildman–Crippen LogP) is 2.38. The van der Waals surface area contributed by atoms with Crippen LogP contribution >= 0.6 is 0 Å². The molecule has 0 saturated heterocycles. The van der Waals surface area contributed by atoms with Crippen molar-refractivity contribution < 1.29 is 18.0 Å². The van der Waals surface area contributed by atoms with Crippen LogP contribution in [0.2, 0.25) is 0 Å². The molecule has 3 N–H and O–H groups in total. The molecule has 7 nitrogen and oxygen atoms in total. The van der Waals surface area contributed by atoms with Crippen LogP contribution in [0.15, 0.2) is 59.5 Å². The number of amides is 2. The van der Waals surface area contributed by atoms with Gasteiger partial charge in [0.1, 0.15) is 6.04 Å². The molecule has 8 heteroatoms. The van der Waals surface area contributed by atoms with Gasteiger partial charge in [-0.15, -0.1) is 0 Å². The lowest BCUT2D eigenvalue weighted by Crippen LogP contribution is -2.47. The highest BCUT2D eigenvalue weighted by atomic mass is 32.2. The molecule has 0 aliphatic heterocycles. The lowest BCUT2D eigenvalue weighted by Gasteiger charge is -2.23. The monoisotopic (exact) mass is 403 g/mol. The van der Waals surface area contributed by atoms with Crippen LogP contribution in [0.3, 0.4) is 0 Å². The van der Waals surface area contributed by atoms with Gasteiger partial charge in [-0.05, 0) is 49.4 Å². The van der Waals surface area contributed by atoms with E-state index in [-0.39, 0.29) is 22.6 Å². The topological polar surface area (TPSA) is 104 Å². The summed E-state index contributed by atoms with van der Waals surface area (Å²) in [5.74, 6) is -0.768. The summed E-state index contributed by atoms with van der Waals surface area (Å²) in [5, 5.41) is 5.53. The molecule has 0 heterocycles. The van der Waals surface area contributed by atoms with Gasteiger partial charge in [0.15, 0.2) is 0 Å². The average molecular weight is 404 g/mol. The zero-order valence-corrected chi connectivity index (χ0v) is 16.9. The molecule has 28 heavy (non-hydrogen) atoms. The molecule has 0 aliphatic carbocycles. The molecule has 0 radical (unpaired) electrons. The number of anilines is 1. The summed E-state index contributed by atoms with van der Waals surface area (Å²) in [7, 11) is -2.21. The number of hydrogen-bond donors (Lipinski definition) is 3. The van der Waals surface area contributed by atoms with Gasteiger partial charge in [-0.2, -0.15) is 0 Å². The quantitative estimate of drug-likeness (QED) is 0.629. The molecular weight excluding hydrogens is 378 g/mol. The maximum Gasteiger partial charge on any atom is 0.251 e. The van der Waals surface area contributed by atoms with Gasteiger partial charge in [0, 0.05) is 11.3 Å². The fourth-order valence-corrected chi connectivity index (χ4v) is 3.30. The molecular formula is C20H25N3O4S. The lowest BCUT2D eigenvalue weighted by molar-refractivity contribution is -0.119. The summed E-state index contributed by atoms with van der Waals surface area (Å²) < 4.78 is 25.8. The van der Waals surface area contributed by atoms with Gasteiger partial charge < -0.3 is 10.6 Å². The Hall–Kier alpha value is -2.71. The summed E-state index contributed by atoms with van der Waals surface area (Å²) in [6.45, 7) is 3.83. The molecule has 0 fully saturated rings. The van der Waals surface area contributed by atoms with Gasteiger partial charge in [0.05, 0.1) is 4.90 Å². The summed E-state index contributed by atoms with van der Waals surface area (Å²) in [5.41, 5.74) is 0.924. The number of nitrogens with one attached hydrogen (secondary N) is 3. The van der Waals surface area contributed by atoms with E-state index in [0.717, 1.165) is 0 Å². The maximum atomic E-state index is 12.8. The zero-order chi connectivity index (χ0) is 20.7. The van der Waals surface area contributed by atoms with Gasteiger partial charge in [-0.25, -0.2) is 13.1 Å². The Morgan fingerprint density at radius 2 is 1.61 bits per heavy atom. The molecule has 2 aromatic rings. The van der Waals surface area contributed by atoms with E-state index in [0.29, 0.717) is 17.7 Å². The van der Waals surface area contributed by atoms with E-state index in [4.69, 9.17) is 0 Å². The van der Waals surface area contributed by atoms with E-state index in [2.05, 4.69) is 15.4 Å². The lowest BCUT2D eigenvalue weighted by atomic mass is 9.97. The first-order valence-corrected chi connectivity index (χ1v) is 10.5. The average Bonchev–Trinajstić information content (AvgIpc) is 2.72. The molecule has 2 atom stereocenters. The third-order valence-electron chi connectivity index (χ3n) is 4.52. The molecule has 2 amide bonds. The number of hydrogen-bond acceptors (Lipinski definition) is 4. The normalized spacial score (nSPS) is 13.4. The molecule has 150 valence electrons. The molecule has 0 bridgehead atoms. The van der Waals surface area contributed by atoms with Crippen molar-refractivity contribution in [2.45, 2.75) is 31.2 Å². The first-order valence-electron chi connectivity index (χ1n) is 8.99. The van der Waals surface area contributed by atoms with Crippen LogP contribution in [0, 0.1) is 5.92 Å². The van der Waals surface area contributed by atoms with Gasteiger partial charge in [0.2, 0.25) is 15.9 Å². The number of carbonyl (C=O) groups excluding carboxylic acids is 2. The first-order chi connectivity index (χ1) is 13.3. The third-order valence-corrected chi connectivity index (χ3v) is 5.95. The standard InChI is InChI=1S/C20H25N3O4S/c1-4-14(2)18(23-19(24)15-8-6-5-7-9-15)20(25)22-16-10-12-17(13-11-16)28(26,27)21-3/h5-14,18,21H,4H2,1-3H3,(H,22,25)(H,23,24)/t14-,18+/m1/s1. The summed E-state index contributed by atoms with van der Waals surface area (Å²) in [4.78, 5) is 25.3. The number of sulfonamides is 1. The van der Waals surface area contributed by atoms with Crippen molar-refractivity contribution in [1.29, 1.82) is 0 Å². The van der Waals surface area contributed by atoms with Crippen LogP contribution in [-0.2, 0) is 14.8 Å². The van der Waals surface area contributed by atoms with Crippen molar-refractivity contribution >= 4 is 27.5 Å². The van der Waals surface area contributed by atoms with Crippen LogP contribution in [0.1, 0.15) is 30.6 Å². The van der Waals surface area contributed by atoms with Crippen molar-refractivity contribution in [3.05, 3.63) is 60.2 Å². The number of carbonyl (C=O) groups is 2. The fraction of sp³-hybridized carbons (Fsp3) is 0.300. The highest BCUT2D eigenvalue weighted by Gasteiger charge is 2.26. The van der Waals surface area contributed by atoms with E-state index in [9.17, 15) is 18.0 Å². The zero-order valence-electron chi connectivity index (χ0n) is 16.1. The van der Waals surface area contributed by atoms with Crippen molar-refractivity contribution in [3.8, 4) is 0 Å². The van der Waals surface area contributed by atoms with Gasteiger partial charge in [-0.1, -0.05) is 38.5 Å². The van der Waals surface area contributed by atoms with Crippen molar-refractivity contribution in [2.75, 3.05) is 12.4 Å². The molecule has 0 saturated carbocycles. The molecule has 0 spiro atoms. The first kappa shape index (κ1) is 21.6. The molecule has 0 aromatic heterocycles. The SMILES string of the molecule is CC[C@@H](C)[C@H](NC(=O)c1ccccc1)C(=O)Nc1ccc(S(=O)(=O)NC)cc1. The second-order valence-corrected chi connectivity index (χ2v) is 8.31. The summed E-state index contributed by atoms with van der Waals surface area (Å²) in [6, 6.07) is 13.8. The van der Waals surface area contributed by atoms with Gasteiger partial charge >= 0.3 is 0 Å². The van der Waals surface area contributed by atoms with E-state index in [1.54, 1.807) is 24.3 Å². The van der Waals surface area contributed by atoms with E-state index in [1.165, 1.54) is 31.3 Å². The molecule has 2 rings (SSSR count). The highest BCUT2D eigenvalue weighted by molar-refractivity contribution is 7.89. The Balaban J connectivity index is 2.14. The van der Waals surface area contributed by atoms with Crippen LogP contribution in [0.5, 0.6) is 0 Å². The largest absolute Gasteiger partial charge is 0.340 e. The third kappa shape index (κ3) is 5.40. The Labute approximate surface area is 165 Å². The second kappa shape index (κ2) is 9.48. The summed E-state index contributed by atoms with van der Waals surface area (Å²) in [6.07, 6.45) is 0.701. The van der Waals surface area contributed by atoms with Crippen molar-refractivity contribution in [3.63, 3.8) is 0 Å².